The van der Waals surface area contributed by atoms with Crippen molar-refractivity contribution in [2.75, 3.05) is 23.8 Å². The number of carbonyl (C=O) groups excluding carboxylic acids is 1. The van der Waals surface area contributed by atoms with Crippen molar-refractivity contribution in [3.8, 4) is 6.01 Å². The molecule has 2 aromatic carbocycles. The number of aliphatic hydroxyl groups excluding tert-OH is 1. The van der Waals surface area contributed by atoms with Gasteiger partial charge in [0.25, 0.3) is 5.91 Å². The molecule has 3 aromatic rings. The van der Waals surface area contributed by atoms with E-state index in [2.05, 4.69) is 42.5 Å². The second kappa shape index (κ2) is 12.4. The third-order valence-corrected chi connectivity index (χ3v) is 6.30. The van der Waals surface area contributed by atoms with Crippen LogP contribution < -0.4 is 32.2 Å². The van der Waals surface area contributed by atoms with Crippen LogP contribution in [-0.2, 0) is 5.54 Å². The number of amides is 1. The zero-order chi connectivity index (χ0) is 30.5. The maximum atomic E-state index is 12.8. The van der Waals surface area contributed by atoms with E-state index in [1.165, 1.54) is 24.3 Å². The summed E-state index contributed by atoms with van der Waals surface area (Å²) in [5.41, 5.74) is 11.6. The summed E-state index contributed by atoms with van der Waals surface area (Å²) in [7, 11) is 0. The lowest BCUT2D eigenvalue weighted by Gasteiger charge is -2.19. The molecule has 0 spiro atoms. The molecular formula is C26H27ClF3N9O3. The van der Waals surface area contributed by atoms with Crippen LogP contribution in [0.3, 0.4) is 0 Å². The van der Waals surface area contributed by atoms with Gasteiger partial charge in [-0.25, -0.2) is 0 Å². The Morgan fingerprint density at radius 2 is 1.74 bits per heavy atom. The van der Waals surface area contributed by atoms with Crippen molar-refractivity contribution < 1.29 is 27.8 Å². The number of hydrogen-bond donors (Lipinski definition) is 6. The van der Waals surface area contributed by atoms with Crippen molar-refractivity contribution in [1.82, 2.24) is 20.3 Å². The number of halogens is 4. The summed E-state index contributed by atoms with van der Waals surface area (Å²) in [4.78, 5) is 28.7. The van der Waals surface area contributed by atoms with Crippen molar-refractivity contribution in [1.29, 1.82) is 0 Å². The predicted octanol–water partition coefficient (Wildman–Crippen LogP) is 3.75. The molecule has 8 N–H and O–H groups in total. The van der Waals surface area contributed by atoms with Gasteiger partial charge in [-0.15, -0.1) is 0 Å². The lowest BCUT2D eigenvalue weighted by molar-refractivity contribution is -0.154. The lowest BCUT2D eigenvalue weighted by Crippen LogP contribution is -2.39. The maximum absolute atomic E-state index is 12.8. The van der Waals surface area contributed by atoms with E-state index in [1.54, 1.807) is 12.1 Å². The number of nitrogens with two attached hydrogens (primary N) is 2. The number of guanidine groups is 1. The molecule has 1 amide bonds. The molecule has 1 aliphatic carbocycles. The van der Waals surface area contributed by atoms with E-state index in [0.29, 0.717) is 10.7 Å². The molecule has 1 fully saturated rings. The molecule has 0 unspecified atom stereocenters. The molecule has 12 nitrogen and oxygen atoms in total. The number of hydrogen-bond acceptors (Lipinski definition) is 9. The first-order valence-electron chi connectivity index (χ1n) is 12.4. The zero-order valence-corrected chi connectivity index (χ0v) is 22.7. The number of aliphatic hydroxyl groups is 1. The number of ether oxygens (including phenoxy) is 1. The van der Waals surface area contributed by atoms with Crippen LogP contribution in [0.5, 0.6) is 6.01 Å². The Balaban J connectivity index is 1.51. The predicted molar refractivity (Wildman–Crippen MR) is 151 cm³/mol. The van der Waals surface area contributed by atoms with Gasteiger partial charge >= 0.3 is 12.2 Å². The van der Waals surface area contributed by atoms with E-state index < -0.39 is 36.3 Å². The number of benzene rings is 2. The molecular weight excluding hydrogens is 579 g/mol. The Labute approximate surface area is 243 Å². The average Bonchev–Trinajstić information content (AvgIpc) is 3.70. The minimum Gasteiger partial charge on any atom is -0.511 e. The Bertz CT molecular complexity index is 1460. The van der Waals surface area contributed by atoms with Crippen LogP contribution in [0.25, 0.3) is 0 Å². The lowest BCUT2D eigenvalue weighted by atomic mass is 10.1. The van der Waals surface area contributed by atoms with Crippen LogP contribution in [0, 0.1) is 0 Å². The minimum absolute atomic E-state index is 0.00386. The van der Waals surface area contributed by atoms with E-state index in [0.717, 1.165) is 18.4 Å². The highest BCUT2D eigenvalue weighted by Gasteiger charge is 2.45. The van der Waals surface area contributed by atoms with Crippen LogP contribution in [0.15, 0.2) is 65.9 Å². The molecule has 4 rings (SSSR count). The zero-order valence-electron chi connectivity index (χ0n) is 22.0. The van der Waals surface area contributed by atoms with Crippen LogP contribution in [0.2, 0.25) is 5.02 Å². The van der Waals surface area contributed by atoms with Gasteiger partial charge in [0.1, 0.15) is 11.8 Å². The molecule has 16 heteroatoms. The Morgan fingerprint density at radius 3 is 2.31 bits per heavy atom. The number of aliphatic imine (C=N–C) groups is 1. The number of alkyl halides is 3. The Hall–Kier alpha value is -4.79. The molecule has 0 radical (unpaired) electrons. The summed E-state index contributed by atoms with van der Waals surface area (Å²) >= 11 is 6.00. The molecule has 222 valence electrons. The highest BCUT2D eigenvalue weighted by Crippen LogP contribution is 2.48. The van der Waals surface area contributed by atoms with E-state index in [4.69, 9.17) is 27.8 Å². The molecule has 1 aliphatic rings. The first-order valence-corrected chi connectivity index (χ1v) is 12.8. The highest BCUT2D eigenvalue weighted by atomic mass is 35.5. The van der Waals surface area contributed by atoms with Gasteiger partial charge < -0.3 is 37.3 Å². The molecule has 1 aromatic heterocycles. The van der Waals surface area contributed by atoms with Gasteiger partial charge in [-0.1, -0.05) is 30.3 Å². The maximum Gasteiger partial charge on any atom is 0.422 e. The Morgan fingerprint density at radius 1 is 1.10 bits per heavy atom. The number of nitrogens with one attached hydrogen (secondary N) is 3. The van der Waals surface area contributed by atoms with Gasteiger partial charge in [-0.2, -0.15) is 28.1 Å². The van der Waals surface area contributed by atoms with Crippen LogP contribution in [-0.4, -0.2) is 57.3 Å². The van der Waals surface area contributed by atoms with Crippen LogP contribution in [0.1, 0.15) is 28.8 Å². The average molecular weight is 606 g/mol. The Kier molecular flexibility index (Phi) is 8.90. The summed E-state index contributed by atoms with van der Waals surface area (Å²) in [6.45, 7) is 1.70. The third kappa shape index (κ3) is 8.36. The number of nitrogens with zero attached hydrogens (tertiary/aromatic N) is 4. The van der Waals surface area contributed by atoms with Crippen molar-refractivity contribution >= 4 is 41.1 Å². The second-order valence-corrected chi connectivity index (χ2v) is 9.80. The van der Waals surface area contributed by atoms with Gasteiger partial charge in [0, 0.05) is 16.3 Å². The third-order valence-electron chi connectivity index (χ3n) is 6.04. The van der Waals surface area contributed by atoms with E-state index in [1.807, 2.05) is 12.1 Å². The summed E-state index contributed by atoms with van der Waals surface area (Å²) in [5, 5.41) is 18.9. The fourth-order valence-electron chi connectivity index (χ4n) is 3.78. The van der Waals surface area contributed by atoms with Crippen molar-refractivity contribution in [3.05, 3.63) is 77.0 Å². The first-order chi connectivity index (χ1) is 19.8. The summed E-state index contributed by atoms with van der Waals surface area (Å²) < 4.78 is 43.3. The van der Waals surface area contributed by atoms with Gasteiger partial charge in [0.05, 0.1) is 12.1 Å². The monoisotopic (exact) mass is 605 g/mol. The van der Waals surface area contributed by atoms with Crippen molar-refractivity contribution in [2.45, 2.75) is 30.6 Å². The summed E-state index contributed by atoms with van der Waals surface area (Å²) in [6, 6.07) is 11.7. The van der Waals surface area contributed by atoms with Gasteiger partial charge in [-0.05, 0) is 54.8 Å². The molecule has 0 saturated heterocycles. The molecule has 1 saturated carbocycles. The largest absolute Gasteiger partial charge is 0.511 e. The normalized spacial score (nSPS) is 14.3. The summed E-state index contributed by atoms with van der Waals surface area (Å²) in [5.74, 6) is -1.18. The van der Waals surface area contributed by atoms with E-state index in [-0.39, 0.29) is 35.7 Å². The van der Waals surface area contributed by atoms with Crippen molar-refractivity contribution in [3.63, 3.8) is 0 Å². The number of aromatic nitrogens is 3. The van der Waals surface area contributed by atoms with Crippen LogP contribution in [0.4, 0.5) is 30.8 Å². The fraction of sp³-hybridized carbons (Fsp3) is 0.269. The van der Waals surface area contributed by atoms with Gasteiger partial charge in [0.15, 0.2) is 12.6 Å². The number of carbonyl (C=O) groups is 1. The van der Waals surface area contributed by atoms with Gasteiger partial charge in [-0.3, -0.25) is 9.79 Å². The standard InChI is InChI=1S/C26H27ClF3N9O3/c1-14(40)19(12-33-21(31)32)35-20(41)15-2-8-18(9-3-15)34-22-36-23(38-24(37-22)42-13-26(28,29)30)39-25(10-11-25)16-4-6-17(27)7-5-16/h2-9,19,40H,1,10-13H2,(H,35,41)(H4,31,32,33)(H2,34,36,37,38,39)/t19-/m0/s1. The highest BCUT2D eigenvalue weighted by molar-refractivity contribution is 6.30. The molecule has 0 bridgehead atoms. The quantitative estimate of drug-likeness (QED) is 0.101. The van der Waals surface area contributed by atoms with Crippen LogP contribution >= 0.6 is 11.6 Å². The topological polar surface area (TPSA) is 186 Å². The second-order valence-electron chi connectivity index (χ2n) is 9.37. The molecule has 1 atom stereocenters. The van der Waals surface area contributed by atoms with Gasteiger partial charge in [0.2, 0.25) is 11.9 Å². The first kappa shape index (κ1) is 30.2. The molecule has 0 aliphatic heterocycles. The summed E-state index contributed by atoms with van der Waals surface area (Å²) in [6.07, 6.45) is -3.13. The molecule has 42 heavy (non-hydrogen) atoms. The minimum atomic E-state index is -4.60. The smallest absolute Gasteiger partial charge is 0.422 e. The molecule has 1 heterocycles. The fourth-order valence-corrected chi connectivity index (χ4v) is 3.91. The van der Waals surface area contributed by atoms with E-state index >= 15 is 0 Å². The van der Waals surface area contributed by atoms with E-state index in [9.17, 15) is 23.1 Å². The van der Waals surface area contributed by atoms with Crippen molar-refractivity contribution in [2.24, 2.45) is 16.5 Å². The SMILES string of the molecule is C=C(O)[C@H](CN=C(N)N)NC(=O)c1ccc(Nc2nc(NC3(c4ccc(Cl)cc4)CC3)nc(OCC(F)(F)F)n2)cc1. The number of rotatable bonds is 12. The number of anilines is 3.